The summed E-state index contributed by atoms with van der Waals surface area (Å²) < 4.78 is 10.7. The van der Waals surface area contributed by atoms with E-state index in [1.54, 1.807) is 38.7 Å². The van der Waals surface area contributed by atoms with Gasteiger partial charge in [0, 0.05) is 16.5 Å². The number of rotatable bonds is 6. The Kier molecular flexibility index (Phi) is 5.72. The summed E-state index contributed by atoms with van der Waals surface area (Å²) in [5.41, 5.74) is 3.66. The van der Waals surface area contributed by atoms with Gasteiger partial charge >= 0.3 is 0 Å². The van der Waals surface area contributed by atoms with Crippen molar-refractivity contribution in [2.75, 3.05) is 19.5 Å². The number of nitrogens with one attached hydrogen (secondary N) is 1. The van der Waals surface area contributed by atoms with Crippen LogP contribution < -0.4 is 14.8 Å². The number of aromatic nitrogens is 2. The first-order valence-electron chi connectivity index (χ1n) is 9.17. The number of ether oxygens (including phenoxy) is 2. The molecule has 1 amide bonds. The predicted molar refractivity (Wildman–Crippen MR) is 118 cm³/mol. The molecule has 0 aliphatic heterocycles. The Morgan fingerprint density at radius 3 is 2.47 bits per heavy atom. The van der Waals surface area contributed by atoms with E-state index in [9.17, 15) is 4.79 Å². The van der Waals surface area contributed by atoms with Gasteiger partial charge in [0.15, 0.2) is 11.5 Å². The summed E-state index contributed by atoms with van der Waals surface area (Å²) in [6.07, 6.45) is 3.41. The standard InChI is InChI=1S/C23H19N3O3S/c1-28-20-9-8-16(10-21(20)29-2)18-12-24-13-19(26-18)22-11-17(14-30-22)25-23(27)15-6-4-3-5-7-15/h3-14H,1-2H3,(H,25,27). The molecule has 150 valence electrons. The lowest BCUT2D eigenvalue weighted by Gasteiger charge is -2.09. The van der Waals surface area contributed by atoms with Crippen LogP contribution >= 0.6 is 11.3 Å². The monoisotopic (exact) mass is 417 g/mol. The summed E-state index contributed by atoms with van der Waals surface area (Å²) in [6.45, 7) is 0. The van der Waals surface area contributed by atoms with E-state index in [0.717, 1.165) is 27.5 Å². The highest BCUT2D eigenvalue weighted by Gasteiger charge is 2.12. The second kappa shape index (κ2) is 8.75. The number of carbonyl (C=O) groups excluding carboxylic acids is 1. The molecular formula is C23H19N3O3S. The van der Waals surface area contributed by atoms with Gasteiger partial charge in [0.25, 0.3) is 5.91 Å². The van der Waals surface area contributed by atoms with Gasteiger partial charge in [-0.1, -0.05) is 18.2 Å². The van der Waals surface area contributed by atoms with Crippen LogP contribution in [0.5, 0.6) is 11.5 Å². The summed E-state index contributed by atoms with van der Waals surface area (Å²) in [5, 5.41) is 4.81. The predicted octanol–water partition coefficient (Wildman–Crippen LogP) is 5.14. The SMILES string of the molecule is COc1ccc(-c2cncc(-c3cc(NC(=O)c4ccccc4)cs3)n2)cc1OC. The largest absolute Gasteiger partial charge is 0.493 e. The van der Waals surface area contributed by atoms with Crippen molar-refractivity contribution in [3.05, 3.63) is 77.9 Å². The zero-order chi connectivity index (χ0) is 20.9. The van der Waals surface area contributed by atoms with E-state index in [2.05, 4.69) is 10.3 Å². The minimum Gasteiger partial charge on any atom is -0.493 e. The molecule has 0 fully saturated rings. The van der Waals surface area contributed by atoms with E-state index < -0.39 is 0 Å². The Morgan fingerprint density at radius 2 is 1.70 bits per heavy atom. The molecule has 0 spiro atoms. The van der Waals surface area contributed by atoms with Crippen molar-refractivity contribution in [2.24, 2.45) is 0 Å². The highest BCUT2D eigenvalue weighted by Crippen LogP contribution is 2.33. The van der Waals surface area contributed by atoms with E-state index in [-0.39, 0.29) is 5.91 Å². The van der Waals surface area contributed by atoms with Crippen LogP contribution in [0.25, 0.3) is 21.8 Å². The van der Waals surface area contributed by atoms with Crippen LogP contribution in [0, 0.1) is 0 Å². The smallest absolute Gasteiger partial charge is 0.255 e. The van der Waals surface area contributed by atoms with Crippen LogP contribution in [-0.2, 0) is 0 Å². The summed E-state index contributed by atoms with van der Waals surface area (Å²) in [5.74, 6) is 1.14. The first-order valence-corrected chi connectivity index (χ1v) is 10.1. The van der Waals surface area contributed by atoms with Crippen molar-refractivity contribution in [3.63, 3.8) is 0 Å². The zero-order valence-electron chi connectivity index (χ0n) is 16.5. The molecule has 0 saturated heterocycles. The first kappa shape index (κ1) is 19.6. The molecule has 2 aromatic carbocycles. The molecule has 6 nitrogen and oxygen atoms in total. The topological polar surface area (TPSA) is 73.3 Å². The number of thiophene rings is 1. The zero-order valence-corrected chi connectivity index (χ0v) is 17.3. The Bertz CT molecular complexity index is 1180. The molecule has 2 aromatic heterocycles. The molecule has 0 atom stereocenters. The van der Waals surface area contributed by atoms with Crippen molar-refractivity contribution in [2.45, 2.75) is 0 Å². The number of hydrogen-bond acceptors (Lipinski definition) is 6. The lowest BCUT2D eigenvalue weighted by Crippen LogP contribution is -2.10. The summed E-state index contributed by atoms with van der Waals surface area (Å²) in [4.78, 5) is 22.3. The number of carbonyl (C=O) groups is 1. The van der Waals surface area contributed by atoms with Gasteiger partial charge in [0.05, 0.1) is 48.6 Å². The molecule has 0 bridgehead atoms. The summed E-state index contributed by atoms with van der Waals surface area (Å²) in [7, 11) is 3.20. The number of methoxy groups -OCH3 is 2. The van der Waals surface area contributed by atoms with Crippen LogP contribution in [0.3, 0.4) is 0 Å². The lowest BCUT2D eigenvalue weighted by atomic mass is 10.1. The molecular weight excluding hydrogens is 398 g/mol. The van der Waals surface area contributed by atoms with Gasteiger partial charge < -0.3 is 14.8 Å². The van der Waals surface area contributed by atoms with Gasteiger partial charge in [-0.05, 0) is 36.4 Å². The van der Waals surface area contributed by atoms with E-state index in [4.69, 9.17) is 14.5 Å². The van der Waals surface area contributed by atoms with Gasteiger partial charge in [0.1, 0.15) is 0 Å². The van der Waals surface area contributed by atoms with E-state index in [1.807, 2.05) is 47.8 Å². The van der Waals surface area contributed by atoms with Crippen molar-refractivity contribution in [3.8, 4) is 33.3 Å². The van der Waals surface area contributed by atoms with Crippen LogP contribution in [-0.4, -0.2) is 30.1 Å². The fourth-order valence-electron chi connectivity index (χ4n) is 2.95. The molecule has 0 aliphatic rings. The van der Waals surface area contributed by atoms with Crippen LogP contribution in [0.4, 0.5) is 5.69 Å². The number of hydrogen-bond donors (Lipinski definition) is 1. The third-order valence-electron chi connectivity index (χ3n) is 4.46. The molecule has 7 heteroatoms. The highest BCUT2D eigenvalue weighted by molar-refractivity contribution is 7.14. The molecule has 0 aliphatic carbocycles. The van der Waals surface area contributed by atoms with E-state index in [0.29, 0.717) is 17.1 Å². The molecule has 0 saturated carbocycles. The maximum absolute atomic E-state index is 12.4. The Hall–Kier alpha value is -3.71. The number of amides is 1. The Labute approximate surface area is 178 Å². The fourth-order valence-corrected chi connectivity index (χ4v) is 3.74. The highest BCUT2D eigenvalue weighted by atomic mass is 32.1. The number of nitrogens with zero attached hydrogens (tertiary/aromatic N) is 2. The van der Waals surface area contributed by atoms with Crippen LogP contribution in [0.2, 0.25) is 0 Å². The maximum Gasteiger partial charge on any atom is 0.255 e. The van der Waals surface area contributed by atoms with Crippen molar-refractivity contribution in [1.82, 2.24) is 9.97 Å². The van der Waals surface area contributed by atoms with Crippen molar-refractivity contribution in [1.29, 1.82) is 0 Å². The second-order valence-corrected chi connectivity index (χ2v) is 7.29. The normalized spacial score (nSPS) is 10.5. The van der Waals surface area contributed by atoms with E-state index >= 15 is 0 Å². The van der Waals surface area contributed by atoms with Gasteiger partial charge in [-0.25, -0.2) is 4.98 Å². The van der Waals surface area contributed by atoms with Crippen LogP contribution in [0.1, 0.15) is 10.4 Å². The Morgan fingerprint density at radius 1 is 0.933 bits per heavy atom. The lowest BCUT2D eigenvalue weighted by molar-refractivity contribution is 0.102. The average Bonchev–Trinajstić information content (AvgIpc) is 3.27. The van der Waals surface area contributed by atoms with Crippen LogP contribution in [0.15, 0.2) is 72.4 Å². The quantitative estimate of drug-likeness (QED) is 0.470. The minimum atomic E-state index is -0.148. The van der Waals surface area contributed by atoms with Crippen molar-refractivity contribution >= 4 is 22.9 Å². The Balaban J connectivity index is 1.57. The fraction of sp³-hybridized carbons (Fsp3) is 0.0870. The van der Waals surface area contributed by atoms with Gasteiger partial charge in [-0.15, -0.1) is 11.3 Å². The molecule has 1 N–H and O–H groups in total. The third-order valence-corrected chi connectivity index (χ3v) is 5.41. The minimum absolute atomic E-state index is 0.148. The third kappa shape index (κ3) is 4.16. The van der Waals surface area contributed by atoms with Crippen molar-refractivity contribution < 1.29 is 14.3 Å². The molecule has 0 radical (unpaired) electrons. The van der Waals surface area contributed by atoms with Gasteiger partial charge in [-0.3, -0.25) is 9.78 Å². The summed E-state index contributed by atoms with van der Waals surface area (Å²) >= 11 is 1.50. The summed E-state index contributed by atoms with van der Waals surface area (Å²) in [6, 6.07) is 16.6. The molecule has 2 heterocycles. The molecule has 0 unspecified atom stereocenters. The van der Waals surface area contributed by atoms with Gasteiger partial charge in [0.2, 0.25) is 0 Å². The second-order valence-electron chi connectivity index (χ2n) is 6.38. The van der Waals surface area contributed by atoms with E-state index in [1.165, 1.54) is 11.3 Å². The first-order chi connectivity index (χ1) is 14.7. The number of benzene rings is 2. The maximum atomic E-state index is 12.4. The average molecular weight is 417 g/mol. The molecule has 4 rings (SSSR count). The number of anilines is 1. The van der Waals surface area contributed by atoms with Gasteiger partial charge in [-0.2, -0.15) is 0 Å². The molecule has 4 aromatic rings. The molecule has 30 heavy (non-hydrogen) atoms.